The Morgan fingerprint density at radius 3 is 2.70 bits per heavy atom. The van der Waals surface area contributed by atoms with Gasteiger partial charge < -0.3 is 20.5 Å². The van der Waals surface area contributed by atoms with Crippen molar-refractivity contribution in [2.75, 3.05) is 17.2 Å². The molecule has 0 aromatic heterocycles. The van der Waals surface area contributed by atoms with Crippen LogP contribution in [0, 0.1) is 11.8 Å². The molecule has 2 aliphatic rings. The predicted octanol–water partition coefficient (Wildman–Crippen LogP) is 1.62. The highest BCUT2D eigenvalue weighted by Crippen LogP contribution is 2.32. The maximum Gasteiger partial charge on any atom is 0.307 e. The molecule has 120 valence electrons. The third-order valence-corrected chi connectivity index (χ3v) is 3.97. The Morgan fingerprint density at radius 2 is 1.96 bits per heavy atom. The first-order valence-electron chi connectivity index (χ1n) is 7.30. The molecule has 23 heavy (non-hydrogen) atoms. The van der Waals surface area contributed by atoms with Gasteiger partial charge >= 0.3 is 5.97 Å². The maximum atomic E-state index is 12.4. The summed E-state index contributed by atoms with van der Waals surface area (Å²) in [6.45, 7) is -0.0343. The van der Waals surface area contributed by atoms with Crippen LogP contribution in [-0.4, -0.2) is 29.5 Å². The van der Waals surface area contributed by atoms with Crippen LogP contribution in [0.15, 0.2) is 30.4 Å². The number of hydrogen-bond donors (Lipinski definition) is 3. The van der Waals surface area contributed by atoms with Crippen LogP contribution in [0.2, 0.25) is 0 Å². The van der Waals surface area contributed by atoms with Crippen molar-refractivity contribution in [3.8, 4) is 5.75 Å². The molecule has 1 heterocycles. The second-order valence-corrected chi connectivity index (χ2v) is 5.53. The minimum Gasteiger partial charge on any atom is -0.482 e. The normalized spacial score (nSPS) is 22.5. The topological polar surface area (TPSA) is 105 Å². The summed E-state index contributed by atoms with van der Waals surface area (Å²) < 4.78 is 5.25. The number of carbonyl (C=O) groups excluding carboxylic acids is 2. The molecule has 1 aromatic rings. The average molecular weight is 316 g/mol. The Balaban J connectivity index is 1.75. The minimum atomic E-state index is -0.972. The highest BCUT2D eigenvalue weighted by molar-refractivity contribution is 5.99. The number of nitrogens with one attached hydrogen (secondary N) is 2. The van der Waals surface area contributed by atoms with Crippen LogP contribution in [0.1, 0.15) is 12.8 Å². The molecule has 7 heteroatoms. The number of hydrogen-bond acceptors (Lipinski definition) is 4. The van der Waals surface area contributed by atoms with E-state index in [2.05, 4.69) is 10.6 Å². The van der Waals surface area contributed by atoms with Gasteiger partial charge in [0.15, 0.2) is 6.61 Å². The fourth-order valence-electron chi connectivity index (χ4n) is 2.77. The zero-order valence-corrected chi connectivity index (χ0v) is 12.2. The number of allylic oxidation sites excluding steroid dienone is 2. The molecule has 0 fully saturated rings. The van der Waals surface area contributed by atoms with Crippen molar-refractivity contribution in [3.63, 3.8) is 0 Å². The number of carboxylic acids is 1. The average Bonchev–Trinajstić information content (AvgIpc) is 2.54. The van der Waals surface area contributed by atoms with Gasteiger partial charge in [-0.1, -0.05) is 12.2 Å². The van der Waals surface area contributed by atoms with Gasteiger partial charge in [-0.3, -0.25) is 14.4 Å². The number of benzene rings is 1. The molecule has 0 bridgehead atoms. The lowest BCUT2D eigenvalue weighted by atomic mass is 9.82. The fraction of sp³-hybridized carbons (Fsp3) is 0.312. The van der Waals surface area contributed by atoms with Crippen LogP contribution < -0.4 is 15.4 Å². The summed E-state index contributed by atoms with van der Waals surface area (Å²) in [6.07, 6.45) is 4.36. The van der Waals surface area contributed by atoms with E-state index in [0.29, 0.717) is 30.0 Å². The molecule has 2 atom stereocenters. The van der Waals surface area contributed by atoms with Crippen molar-refractivity contribution in [2.24, 2.45) is 11.8 Å². The molecule has 0 saturated heterocycles. The molecule has 3 rings (SSSR count). The lowest BCUT2D eigenvalue weighted by molar-refractivity contribution is -0.146. The first-order chi connectivity index (χ1) is 11.0. The Labute approximate surface area is 132 Å². The summed E-state index contributed by atoms with van der Waals surface area (Å²) in [5.41, 5.74) is 0.968. The van der Waals surface area contributed by atoms with Gasteiger partial charge in [-0.05, 0) is 31.0 Å². The van der Waals surface area contributed by atoms with E-state index >= 15 is 0 Å². The summed E-state index contributed by atoms with van der Waals surface area (Å²) in [5.74, 6) is -2.37. The molecule has 0 saturated carbocycles. The molecular formula is C16H16N2O5. The van der Waals surface area contributed by atoms with Crippen LogP contribution in [0.5, 0.6) is 5.75 Å². The van der Waals surface area contributed by atoms with E-state index in [1.54, 1.807) is 24.3 Å². The van der Waals surface area contributed by atoms with Gasteiger partial charge in [0.1, 0.15) is 5.75 Å². The van der Waals surface area contributed by atoms with Crippen LogP contribution in [0.3, 0.4) is 0 Å². The second kappa shape index (κ2) is 6.12. The molecular weight excluding hydrogens is 300 g/mol. The monoisotopic (exact) mass is 316 g/mol. The van der Waals surface area contributed by atoms with Crippen molar-refractivity contribution >= 4 is 29.2 Å². The molecule has 7 nitrogen and oxygen atoms in total. The van der Waals surface area contributed by atoms with Gasteiger partial charge in [-0.2, -0.15) is 0 Å². The smallest absolute Gasteiger partial charge is 0.307 e. The summed E-state index contributed by atoms with van der Waals surface area (Å²) in [5, 5.41) is 14.6. The summed E-state index contributed by atoms with van der Waals surface area (Å²) in [7, 11) is 0. The quantitative estimate of drug-likeness (QED) is 0.735. The SMILES string of the molecule is O=C1COc2ccc(NC(=O)[C@@H]3CC=CC[C@H]3C(=O)O)cc2N1. The highest BCUT2D eigenvalue weighted by atomic mass is 16.5. The van der Waals surface area contributed by atoms with Crippen molar-refractivity contribution in [2.45, 2.75) is 12.8 Å². The van der Waals surface area contributed by atoms with Gasteiger partial charge in [-0.15, -0.1) is 0 Å². The minimum absolute atomic E-state index is 0.0343. The van der Waals surface area contributed by atoms with Crippen LogP contribution in [0.4, 0.5) is 11.4 Å². The van der Waals surface area contributed by atoms with E-state index in [1.165, 1.54) is 0 Å². The molecule has 3 N–H and O–H groups in total. The number of carbonyl (C=O) groups is 3. The fourth-order valence-corrected chi connectivity index (χ4v) is 2.77. The summed E-state index contributed by atoms with van der Waals surface area (Å²) >= 11 is 0. The maximum absolute atomic E-state index is 12.4. The van der Waals surface area contributed by atoms with Crippen molar-refractivity contribution in [1.29, 1.82) is 0 Å². The first kappa shape index (κ1) is 15.1. The summed E-state index contributed by atoms with van der Waals surface area (Å²) in [6, 6.07) is 4.90. The number of amides is 2. The van der Waals surface area contributed by atoms with E-state index in [1.807, 2.05) is 6.08 Å². The zero-order chi connectivity index (χ0) is 16.4. The first-order valence-corrected chi connectivity index (χ1v) is 7.30. The van der Waals surface area contributed by atoms with Crippen LogP contribution >= 0.6 is 0 Å². The van der Waals surface area contributed by atoms with Crippen molar-refractivity contribution in [3.05, 3.63) is 30.4 Å². The second-order valence-electron chi connectivity index (χ2n) is 5.53. The molecule has 0 radical (unpaired) electrons. The largest absolute Gasteiger partial charge is 0.482 e. The highest BCUT2D eigenvalue weighted by Gasteiger charge is 2.34. The van der Waals surface area contributed by atoms with Crippen LogP contribution in [-0.2, 0) is 14.4 Å². The van der Waals surface area contributed by atoms with E-state index in [4.69, 9.17) is 4.74 Å². The van der Waals surface area contributed by atoms with Crippen LogP contribution in [0.25, 0.3) is 0 Å². The van der Waals surface area contributed by atoms with Gasteiger partial charge in [0, 0.05) is 5.69 Å². The number of fused-ring (bicyclic) bond motifs is 1. The third kappa shape index (κ3) is 3.18. The number of rotatable bonds is 3. The van der Waals surface area contributed by atoms with E-state index in [-0.39, 0.29) is 18.4 Å². The van der Waals surface area contributed by atoms with Gasteiger partial charge in [0.2, 0.25) is 5.91 Å². The molecule has 0 spiro atoms. The lowest BCUT2D eigenvalue weighted by Crippen LogP contribution is -2.34. The van der Waals surface area contributed by atoms with Crippen molar-refractivity contribution < 1.29 is 24.2 Å². The lowest BCUT2D eigenvalue weighted by Gasteiger charge is -2.24. The Bertz CT molecular complexity index is 698. The van der Waals surface area contributed by atoms with Gasteiger partial charge in [0.05, 0.1) is 17.5 Å². The third-order valence-electron chi connectivity index (χ3n) is 3.97. The standard InChI is InChI=1S/C16H16N2O5/c19-14-8-23-13-6-5-9(7-12(13)18-14)17-15(20)10-3-1-2-4-11(10)16(21)22/h1-2,5-7,10-11H,3-4,8H2,(H,17,20)(H,18,19)(H,21,22)/t10-,11-/m1/s1. The van der Waals surface area contributed by atoms with Crippen molar-refractivity contribution in [1.82, 2.24) is 0 Å². The molecule has 1 aliphatic carbocycles. The Kier molecular flexibility index (Phi) is 4.01. The van der Waals surface area contributed by atoms with Gasteiger partial charge in [0.25, 0.3) is 5.91 Å². The van der Waals surface area contributed by atoms with E-state index in [0.717, 1.165) is 0 Å². The predicted molar refractivity (Wildman–Crippen MR) is 82.2 cm³/mol. The number of ether oxygens (including phenoxy) is 1. The molecule has 0 unspecified atom stereocenters. The molecule has 2 amide bonds. The number of anilines is 2. The number of carboxylic acid groups (broad SMARTS) is 1. The van der Waals surface area contributed by atoms with E-state index < -0.39 is 17.8 Å². The Morgan fingerprint density at radius 1 is 1.22 bits per heavy atom. The van der Waals surface area contributed by atoms with E-state index in [9.17, 15) is 19.5 Å². The molecule has 1 aromatic carbocycles. The zero-order valence-electron chi connectivity index (χ0n) is 12.2. The molecule has 1 aliphatic heterocycles. The Hall–Kier alpha value is -2.83. The number of aliphatic carboxylic acids is 1. The summed E-state index contributed by atoms with van der Waals surface area (Å²) in [4.78, 5) is 35.0. The van der Waals surface area contributed by atoms with Gasteiger partial charge in [-0.25, -0.2) is 0 Å².